The second kappa shape index (κ2) is 8.69. The minimum absolute atomic E-state index is 0.0876. The molecule has 0 aliphatic carbocycles. The van der Waals surface area contributed by atoms with Crippen LogP contribution in [0.4, 0.5) is 35.2 Å². The Labute approximate surface area is 186 Å². The van der Waals surface area contributed by atoms with Crippen molar-refractivity contribution in [2.45, 2.75) is 13.1 Å². The molecule has 0 bridgehead atoms. The normalized spacial score (nSPS) is 11.4. The second-order valence-corrected chi connectivity index (χ2v) is 6.99. The number of rotatable bonds is 5. The highest BCUT2D eigenvalue weighted by molar-refractivity contribution is 6.02. The molecule has 0 unspecified atom stereocenters. The van der Waals surface area contributed by atoms with Gasteiger partial charge in [0.25, 0.3) is 0 Å². The predicted molar refractivity (Wildman–Crippen MR) is 119 cm³/mol. The van der Waals surface area contributed by atoms with Crippen LogP contribution in [0.15, 0.2) is 54.7 Å². The number of nitrogens with one attached hydrogen (secondary N) is 3. The van der Waals surface area contributed by atoms with Gasteiger partial charge in [-0.3, -0.25) is 5.10 Å². The lowest BCUT2D eigenvalue weighted by atomic mass is 10.0. The number of fused-ring (bicyclic) bond motifs is 1. The summed E-state index contributed by atoms with van der Waals surface area (Å²) < 4.78 is 44.5. The number of aromatic nitrogens is 3. The molecule has 0 spiro atoms. The van der Waals surface area contributed by atoms with E-state index in [1.54, 1.807) is 43.5 Å². The lowest BCUT2D eigenvalue weighted by Gasteiger charge is -2.15. The topological polar surface area (TPSA) is 118 Å². The van der Waals surface area contributed by atoms with Crippen molar-refractivity contribution in [3.8, 4) is 16.9 Å². The van der Waals surface area contributed by atoms with Crippen LogP contribution in [0.25, 0.3) is 22.2 Å². The highest BCUT2D eigenvalue weighted by Gasteiger charge is 2.31. The smallest absolute Gasteiger partial charge is 0.416 e. The summed E-state index contributed by atoms with van der Waals surface area (Å²) in [6.07, 6.45) is -2.93. The summed E-state index contributed by atoms with van der Waals surface area (Å²) in [4.78, 5) is 16.6. The SMILES string of the molecule is CCOc1ccc(C(F)(F)F)cc1NC(=O)Nc1ccc(-c2ccnc3[nH]nc(N)c23)cc1. The van der Waals surface area contributed by atoms with Crippen molar-refractivity contribution in [1.82, 2.24) is 15.2 Å². The first-order chi connectivity index (χ1) is 15.8. The molecular weight excluding hydrogens is 437 g/mol. The van der Waals surface area contributed by atoms with Gasteiger partial charge in [-0.1, -0.05) is 12.1 Å². The van der Waals surface area contributed by atoms with Gasteiger partial charge in [0.05, 0.1) is 23.2 Å². The summed E-state index contributed by atoms with van der Waals surface area (Å²) in [5, 5.41) is 12.4. The molecule has 0 saturated heterocycles. The summed E-state index contributed by atoms with van der Waals surface area (Å²) >= 11 is 0. The summed E-state index contributed by atoms with van der Waals surface area (Å²) in [5.74, 6) is 0.455. The average molecular weight is 456 g/mol. The Bertz CT molecular complexity index is 1300. The van der Waals surface area contributed by atoms with Crippen molar-refractivity contribution in [2.75, 3.05) is 23.0 Å². The van der Waals surface area contributed by atoms with Gasteiger partial charge in [-0.2, -0.15) is 18.3 Å². The molecule has 5 N–H and O–H groups in total. The van der Waals surface area contributed by atoms with E-state index in [0.717, 1.165) is 23.3 Å². The number of benzene rings is 2. The number of ether oxygens (including phenoxy) is 1. The van der Waals surface area contributed by atoms with Crippen molar-refractivity contribution in [2.24, 2.45) is 0 Å². The number of carbonyl (C=O) groups excluding carboxylic acids is 1. The lowest BCUT2D eigenvalue weighted by molar-refractivity contribution is -0.137. The van der Waals surface area contributed by atoms with Gasteiger partial charge in [-0.15, -0.1) is 0 Å². The van der Waals surface area contributed by atoms with Crippen molar-refractivity contribution >= 4 is 34.3 Å². The van der Waals surface area contributed by atoms with Crippen molar-refractivity contribution < 1.29 is 22.7 Å². The van der Waals surface area contributed by atoms with E-state index in [4.69, 9.17) is 10.5 Å². The largest absolute Gasteiger partial charge is 0.492 e. The van der Waals surface area contributed by atoms with E-state index in [0.29, 0.717) is 22.5 Å². The number of urea groups is 1. The third-order valence-corrected chi connectivity index (χ3v) is 4.80. The first-order valence-electron chi connectivity index (χ1n) is 9.87. The number of amides is 2. The summed E-state index contributed by atoms with van der Waals surface area (Å²) in [6, 6.07) is 10.8. The number of carbonyl (C=O) groups is 1. The first-order valence-corrected chi connectivity index (χ1v) is 9.87. The number of hydrogen-bond acceptors (Lipinski definition) is 5. The Morgan fingerprint density at radius 2 is 1.88 bits per heavy atom. The molecule has 2 aromatic heterocycles. The molecule has 0 aliphatic heterocycles. The van der Waals surface area contributed by atoms with E-state index in [-0.39, 0.29) is 18.0 Å². The van der Waals surface area contributed by atoms with Gasteiger partial charge >= 0.3 is 12.2 Å². The molecule has 0 aliphatic rings. The highest BCUT2D eigenvalue weighted by atomic mass is 19.4. The molecule has 11 heteroatoms. The zero-order valence-electron chi connectivity index (χ0n) is 17.3. The van der Waals surface area contributed by atoms with Gasteiger partial charge < -0.3 is 21.1 Å². The fourth-order valence-corrected chi connectivity index (χ4v) is 3.32. The number of nitrogen functional groups attached to an aromatic ring is 1. The monoisotopic (exact) mass is 456 g/mol. The van der Waals surface area contributed by atoms with Gasteiger partial charge in [-0.05, 0) is 54.4 Å². The number of nitrogens with zero attached hydrogens (tertiary/aromatic N) is 2. The number of alkyl halides is 3. The Kier molecular flexibility index (Phi) is 5.78. The van der Waals surface area contributed by atoms with Crippen LogP contribution in [-0.4, -0.2) is 27.8 Å². The van der Waals surface area contributed by atoms with Gasteiger partial charge in [0.15, 0.2) is 11.5 Å². The third-order valence-electron chi connectivity index (χ3n) is 4.80. The second-order valence-electron chi connectivity index (χ2n) is 6.99. The lowest BCUT2D eigenvalue weighted by Crippen LogP contribution is -2.20. The van der Waals surface area contributed by atoms with Crippen molar-refractivity contribution in [3.05, 3.63) is 60.3 Å². The molecule has 8 nitrogen and oxygen atoms in total. The van der Waals surface area contributed by atoms with Gasteiger partial charge in [0.2, 0.25) is 0 Å². The Morgan fingerprint density at radius 3 is 2.58 bits per heavy atom. The van der Waals surface area contributed by atoms with Crippen LogP contribution in [0.1, 0.15) is 12.5 Å². The minimum Gasteiger partial charge on any atom is -0.492 e. The average Bonchev–Trinajstić information content (AvgIpc) is 3.16. The Morgan fingerprint density at radius 1 is 1.12 bits per heavy atom. The number of anilines is 3. The maximum absolute atomic E-state index is 13.1. The summed E-state index contributed by atoms with van der Waals surface area (Å²) in [5.41, 5.74) is 7.56. The van der Waals surface area contributed by atoms with Gasteiger partial charge in [-0.25, -0.2) is 9.78 Å². The standard InChI is InChI=1S/C22H19F3N6O2/c1-2-33-17-8-5-13(22(23,24)25)11-16(17)29-21(32)28-14-6-3-12(4-7-14)15-9-10-27-20-18(15)19(26)30-31-20/h3-11H,2H2,1H3,(H2,28,29,32)(H3,26,27,30,31). The molecule has 0 radical (unpaired) electrons. The van der Waals surface area contributed by atoms with Crippen LogP contribution < -0.4 is 21.1 Å². The van der Waals surface area contributed by atoms with Gasteiger partial charge in [0.1, 0.15) is 5.75 Å². The number of halogens is 3. The van der Waals surface area contributed by atoms with E-state index in [2.05, 4.69) is 25.8 Å². The van der Waals surface area contributed by atoms with E-state index < -0.39 is 17.8 Å². The summed E-state index contributed by atoms with van der Waals surface area (Å²) in [6.45, 7) is 1.92. The van der Waals surface area contributed by atoms with Crippen LogP contribution in [0.3, 0.4) is 0 Å². The van der Waals surface area contributed by atoms with E-state index >= 15 is 0 Å². The van der Waals surface area contributed by atoms with E-state index in [1.165, 1.54) is 6.07 Å². The molecule has 2 amide bonds. The van der Waals surface area contributed by atoms with E-state index in [9.17, 15) is 18.0 Å². The molecule has 170 valence electrons. The van der Waals surface area contributed by atoms with Gasteiger partial charge in [0, 0.05) is 11.9 Å². The maximum Gasteiger partial charge on any atom is 0.416 e. The molecule has 4 aromatic rings. The summed E-state index contributed by atoms with van der Waals surface area (Å²) in [7, 11) is 0. The molecule has 2 aromatic carbocycles. The molecular formula is C22H19F3N6O2. The molecule has 33 heavy (non-hydrogen) atoms. The molecule has 0 atom stereocenters. The zero-order chi connectivity index (χ0) is 23.6. The Hall–Kier alpha value is -4.28. The van der Waals surface area contributed by atoms with Crippen molar-refractivity contribution in [1.29, 1.82) is 0 Å². The minimum atomic E-state index is -4.55. The third kappa shape index (κ3) is 4.66. The zero-order valence-corrected chi connectivity index (χ0v) is 17.3. The van der Waals surface area contributed by atoms with E-state index in [1.807, 2.05) is 0 Å². The predicted octanol–water partition coefficient (Wildman–Crippen LogP) is 5.27. The van der Waals surface area contributed by atoms with Crippen LogP contribution in [0, 0.1) is 0 Å². The molecule has 0 fully saturated rings. The van der Waals surface area contributed by atoms with Crippen LogP contribution >= 0.6 is 0 Å². The number of nitrogens with two attached hydrogens (primary N) is 1. The Balaban J connectivity index is 1.52. The fraction of sp³-hybridized carbons (Fsp3) is 0.136. The molecule has 2 heterocycles. The first kappa shape index (κ1) is 21.9. The molecule has 4 rings (SSSR count). The number of H-pyrrole nitrogens is 1. The number of aromatic amines is 1. The van der Waals surface area contributed by atoms with Crippen LogP contribution in [0.2, 0.25) is 0 Å². The number of hydrogen-bond donors (Lipinski definition) is 4. The number of pyridine rings is 1. The quantitative estimate of drug-likeness (QED) is 0.326. The molecule has 0 saturated carbocycles. The van der Waals surface area contributed by atoms with Crippen LogP contribution in [-0.2, 0) is 6.18 Å². The highest BCUT2D eigenvalue weighted by Crippen LogP contribution is 2.35. The van der Waals surface area contributed by atoms with Crippen LogP contribution in [0.5, 0.6) is 5.75 Å². The fourth-order valence-electron chi connectivity index (χ4n) is 3.32. The maximum atomic E-state index is 13.1. The van der Waals surface area contributed by atoms with Crippen molar-refractivity contribution in [3.63, 3.8) is 0 Å².